The number of fused-ring (bicyclic) bond motifs is 1. The molecule has 3 heterocycles. The summed E-state index contributed by atoms with van der Waals surface area (Å²) in [6.07, 6.45) is -4.71. The van der Waals surface area contributed by atoms with Crippen LogP contribution in [0.1, 0.15) is 27.0 Å². The molecule has 0 radical (unpaired) electrons. The molecule has 1 aliphatic rings. The number of H-pyrrole nitrogens is 1. The Bertz CT molecular complexity index is 1630. The van der Waals surface area contributed by atoms with Crippen molar-refractivity contribution >= 4 is 42.3 Å². The van der Waals surface area contributed by atoms with Crippen molar-refractivity contribution in [2.24, 2.45) is 0 Å². The Labute approximate surface area is 243 Å². The average molecular weight is 628 g/mol. The molecule has 2 aromatic heterocycles. The molecule has 0 spiro atoms. The second-order valence-electron chi connectivity index (χ2n) is 9.58. The fourth-order valence-electron chi connectivity index (χ4n) is 4.21. The molecule has 6 N–H and O–H groups in total. The number of esters is 1. The second-order valence-corrected chi connectivity index (χ2v) is 11.5. The molecule has 0 saturated carbocycles. The van der Waals surface area contributed by atoms with E-state index in [-0.39, 0.29) is 17.3 Å². The zero-order chi connectivity index (χ0) is 30.8. The summed E-state index contributed by atoms with van der Waals surface area (Å²) in [6.45, 7) is 3.96. The molecule has 14 nitrogen and oxygen atoms in total. The number of aliphatic hydroxyl groups excluding tert-OH is 1. The highest BCUT2D eigenvalue weighted by molar-refractivity contribution is 7.52. The van der Waals surface area contributed by atoms with Crippen molar-refractivity contribution in [2.75, 3.05) is 12.3 Å². The van der Waals surface area contributed by atoms with Gasteiger partial charge in [-0.25, -0.2) is 8.96 Å². The number of hydrogen-bond acceptors (Lipinski definition) is 11. The van der Waals surface area contributed by atoms with Gasteiger partial charge in [0, 0.05) is 11.6 Å². The lowest BCUT2D eigenvalue weighted by Gasteiger charge is -2.26. The van der Waals surface area contributed by atoms with Crippen LogP contribution in [0.3, 0.4) is 0 Å². The van der Waals surface area contributed by atoms with Crippen LogP contribution in [-0.2, 0) is 23.4 Å². The summed E-state index contributed by atoms with van der Waals surface area (Å²) in [6, 6.07) is 6.75. The number of halogens is 2. The minimum absolute atomic E-state index is 0.121. The van der Waals surface area contributed by atoms with E-state index < -0.39 is 73.3 Å². The molecule has 1 saturated heterocycles. The summed E-state index contributed by atoms with van der Waals surface area (Å²) in [4.78, 5) is 30.8. The van der Waals surface area contributed by atoms with E-state index in [0.717, 1.165) is 10.8 Å². The van der Waals surface area contributed by atoms with Crippen LogP contribution in [0.15, 0.2) is 41.3 Å². The maximum absolute atomic E-state index is 14.8. The summed E-state index contributed by atoms with van der Waals surface area (Å²) < 4.78 is 51.6. The highest BCUT2D eigenvalue weighted by Gasteiger charge is 2.57. The normalized spacial score (nSPS) is 24.1. The van der Waals surface area contributed by atoms with E-state index in [2.05, 4.69) is 21.0 Å². The number of carbonyl (C=O) groups is 1. The number of aromatic amines is 1. The first-order valence-corrected chi connectivity index (χ1v) is 14.4. The lowest BCUT2D eigenvalue weighted by Crippen LogP contribution is -2.46. The van der Waals surface area contributed by atoms with Gasteiger partial charge >= 0.3 is 13.7 Å². The van der Waals surface area contributed by atoms with Gasteiger partial charge in [-0.3, -0.25) is 23.7 Å². The van der Waals surface area contributed by atoms with Crippen LogP contribution in [0.25, 0.3) is 11.0 Å². The zero-order valence-corrected chi connectivity index (χ0v) is 24.1. The summed E-state index contributed by atoms with van der Waals surface area (Å²) in [7, 11) is -4.40. The summed E-state index contributed by atoms with van der Waals surface area (Å²) in [5.74, 6) is 0.236. The molecule has 226 valence electrons. The molecular formula is C25H28ClFN5O9P. The maximum atomic E-state index is 14.8. The molecule has 1 aromatic carbocycles. The van der Waals surface area contributed by atoms with Crippen LogP contribution in [0.4, 0.5) is 10.3 Å². The lowest BCUT2D eigenvalue weighted by molar-refractivity contribution is -0.149. The van der Waals surface area contributed by atoms with Crippen molar-refractivity contribution in [3.63, 3.8) is 0 Å². The Morgan fingerprint density at radius 2 is 2.07 bits per heavy atom. The number of nitrogen functional groups attached to an aromatic ring is 1. The van der Waals surface area contributed by atoms with Gasteiger partial charge < -0.3 is 29.9 Å². The van der Waals surface area contributed by atoms with E-state index in [1.54, 1.807) is 32.0 Å². The Morgan fingerprint density at radius 1 is 1.38 bits per heavy atom. The monoisotopic (exact) mass is 627 g/mol. The third-order valence-electron chi connectivity index (χ3n) is 6.07. The van der Waals surface area contributed by atoms with Gasteiger partial charge in [0.1, 0.15) is 29.4 Å². The van der Waals surface area contributed by atoms with E-state index in [1.165, 1.54) is 19.1 Å². The quantitative estimate of drug-likeness (QED) is 0.124. The van der Waals surface area contributed by atoms with E-state index in [4.69, 9.17) is 35.9 Å². The van der Waals surface area contributed by atoms with Gasteiger partial charge in [0.2, 0.25) is 11.5 Å². The number of rotatable bonds is 10. The number of carbonyl (C=O) groups excluding carboxylic acids is 1. The van der Waals surface area contributed by atoms with Crippen molar-refractivity contribution in [3.8, 4) is 17.0 Å². The molecule has 0 aliphatic carbocycles. The fraction of sp³-hybridized carbons (Fsp3) is 0.400. The first-order chi connectivity index (χ1) is 19.8. The minimum Gasteiger partial charge on any atom is -0.462 e. The number of para-hydroxylation sites is 1. The molecule has 3 aromatic rings. The molecule has 0 bridgehead atoms. The first kappa shape index (κ1) is 31.5. The van der Waals surface area contributed by atoms with Gasteiger partial charge in [0.05, 0.1) is 12.7 Å². The van der Waals surface area contributed by atoms with Crippen molar-refractivity contribution < 1.29 is 42.5 Å². The predicted octanol–water partition coefficient (Wildman–Crippen LogP) is 1.77. The van der Waals surface area contributed by atoms with Crippen molar-refractivity contribution in [3.05, 3.63) is 52.7 Å². The van der Waals surface area contributed by atoms with Gasteiger partial charge in [-0.05, 0) is 50.4 Å². The van der Waals surface area contributed by atoms with Gasteiger partial charge in [-0.2, -0.15) is 10.1 Å². The van der Waals surface area contributed by atoms with Gasteiger partial charge in [0.25, 0.3) is 5.56 Å². The molecule has 0 amide bonds. The van der Waals surface area contributed by atoms with Gasteiger partial charge in [0.15, 0.2) is 17.7 Å². The number of hydrogen-bond donors (Lipinski definition) is 5. The smallest absolute Gasteiger partial charge is 0.459 e. The Balaban J connectivity index is 1.64. The van der Waals surface area contributed by atoms with Crippen molar-refractivity contribution in [1.82, 2.24) is 19.6 Å². The molecule has 4 rings (SSSR count). The van der Waals surface area contributed by atoms with Crippen LogP contribution >= 0.6 is 19.3 Å². The number of nitrogens with one attached hydrogen (secondary N) is 2. The van der Waals surface area contributed by atoms with E-state index in [0.29, 0.717) is 0 Å². The Hall–Kier alpha value is -3.48. The van der Waals surface area contributed by atoms with Crippen molar-refractivity contribution in [1.29, 1.82) is 0 Å². The summed E-state index contributed by atoms with van der Waals surface area (Å²) >= 11 is 5.56. The highest BCUT2D eigenvalue weighted by atomic mass is 35.5. The number of aliphatic hydroxyl groups is 2. The zero-order valence-electron chi connectivity index (χ0n) is 22.5. The number of ether oxygens (including phenoxy) is 2. The predicted molar refractivity (Wildman–Crippen MR) is 148 cm³/mol. The number of anilines is 1. The fourth-order valence-corrected chi connectivity index (χ4v) is 5.86. The maximum Gasteiger partial charge on any atom is 0.459 e. The largest absolute Gasteiger partial charge is 0.462 e. The third-order valence-corrected chi connectivity index (χ3v) is 7.81. The van der Waals surface area contributed by atoms with E-state index >= 15 is 0 Å². The Kier molecular flexibility index (Phi) is 9.29. The van der Waals surface area contributed by atoms with Gasteiger partial charge in [-0.15, -0.1) is 0 Å². The van der Waals surface area contributed by atoms with Crippen LogP contribution in [0.2, 0.25) is 0 Å². The van der Waals surface area contributed by atoms with E-state index in [1.807, 2.05) is 5.38 Å². The van der Waals surface area contributed by atoms with Crippen LogP contribution in [0, 0.1) is 17.1 Å². The highest BCUT2D eigenvalue weighted by Crippen LogP contribution is 2.47. The van der Waals surface area contributed by atoms with Crippen LogP contribution in [-0.4, -0.2) is 67.3 Å². The van der Waals surface area contributed by atoms with E-state index in [9.17, 15) is 28.8 Å². The standard InChI is InChI=1S/C25H28ClFN5O9P/c1-13(2)39-22(35)14(3)31-42(37,41-15-7-5-4-6-8-15)38-12-17-19(33)25(36,9-10-26)23(40-17)32-11-16(27)18-20(32)29-24(28)30-21(18)34/h4-8,11,13-14,17,19,23,33,36H,12H2,1-3H3,(H,31,37)(H3,28,29,30,34)/t14-,17+,19?,23+,25+,42?/m0/s1. The van der Waals surface area contributed by atoms with Crippen LogP contribution < -0.4 is 20.9 Å². The SMILES string of the molecule is CC(C)OC(=O)[C@H](C)NP(=O)(OC[C@H]1O[C@@H](n2cc(F)c3c(=O)[nH]c(N)nc32)[C@@](O)(C#CCl)C1O)Oc1ccccc1. The molecule has 1 fully saturated rings. The number of aromatic nitrogens is 3. The summed E-state index contributed by atoms with van der Waals surface area (Å²) in [5, 5.41) is 26.4. The van der Waals surface area contributed by atoms with Crippen LogP contribution in [0.5, 0.6) is 5.75 Å². The minimum atomic E-state index is -4.40. The summed E-state index contributed by atoms with van der Waals surface area (Å²) in [5.41, 5.74) is 1.90. The number of benzene rings is 1. The molecule has 42 heavy (non-hydrogen) atoms. The van der Waals surface area contributed by atoms with Crippen molar-refractivity contribution in [2.45, 2.75) is 57.0 Å². The molecule has 17 heteroatoms. The lowest BCUT2D eigenvalue weighted by atomic mass is 9.95. The Morgan fingerprint density at radius 3 is 2.71 bits per heavy atom. The third kappa shape index (κ3) is 6.45. The number of nitrogens with zero attached hydrogens (tertiary/aromatic N) is 2. The second kappa shape index (κ2) is 12.4. The topological polar surface area (TPSA) is 200 Å². The molecule has 6 atom stereocenters. The average Bonchev–Trinajstić information content (AvgIpc) is 3.36. The molecule has 1 aliphatic heterocycles. The molecule has 2 unspecified atom stereocenters. The number of nitrogens with two attached hydrogens (primary N) is 1. The molecular weight excluding hydrogens is 600 g/mol. The first-order valence-electron chi connectivity index (χ1n) is 12.5. The van der Waals surface area contributed by atoms with Gasteiger partial charge in [-0.1, -0.05) is 18.2 Å².